The number of carbonyl (C=O) groups excluding carboxylic acids is 1. The van der Waals surface area contributed by atoms with Crippen LogP contribution in [-0.2, 0) is 6.54 Å². The number of hydrogen-bond acceptors (Lipinski definition) is 6. The van der Waals surface area contributed by atoms with E-state index in [0.717, 1.165) is 16.1 Å². The topological polar surface area (TPSA) is 81.4 Å². The normalized spacial score (nSPS) is 10.8. The predicted molar refractivity (Wildman–Crippen MR) is 108 cm³/mol. The second-order valence-corrected chi connectivity index (χ2v) is 6.94. The molecule has 0 aliphatic carbocycles. The van der Waals surface area contributed by atoms with Crippen molar-refractivity contribution < 1.29 is 13.9 Å². The van der Waals surface area contributed by atoms with Crippen molar-refractivity contribution in [2.24, 2.45) is 0 Å². The van der Waals surface area contributed by atoms with Gasteiger partial charge in [-0.3, -0.25) is 9.78 Å². The van der Waals surface area contributed by atoms with Gasteiger partial charge in [0.15, 0.2) is 11.3 Å². The van der Waals surface area contributed by atoms with Crippen molar-refractivity contribution in [3.63, 3.8) is 0 Å². The summed E-state index contributed by atoms with van der Waals surface area (Å²) in [4.78, 5) is 30.4. The summed E-state index contributed by atoms with van der Waals surface area (Å²) in [7, 11) is 1.49. The Balaban J connectivity index is 1.60. The fourth-order valence-corrected chi connectivity index (χ4v) is 3.68. The van der Waals surface area contributed by atoms with Gasteiger partial charge in [0.1, 0.15) is 5.56 Å². The van der Waals surface area contributed by atoms with Crippen molar-refractivity contribution in [2.75, 3.05) is 7.11 Å². The van der Waals surface area contributed by atoms with Gasteiger partial charge in [-0.25, -0.2) is 4.79 Å². The maximum Gasteiger partial charge on any atom is 0.349 e. The molecule has 0 saturated heterocycles. The molecule has 0 bridgehead atoms. The van der Waals surface area contributed by atoms with Gasteiger partial charge >= 0.3 is 5.63 Å². The molecule has 4 rings (SSSR count). The van der Waals surface area contributed by atoms with Crippen molar-refractivity contribution in [2.45, 2.75) is 6.54 Å². The maximum atomic E-state index is 12.6. The van der Waals surface area contributed by atoms with Crippen LogP contribution in [0, 0.1) is 0 Å². The van der Waals surface area contributed by atoms with Crippen molar-refractivity contribution in [1.29, 1.82) is 0 Å². The van der Waals surface area contributed by atoms with Gasteiger partial charge in [0.05, 0.1) is 17.7 Å². The lowest BCUT2D eigenvalue weighted by Crippen LogP contribution is -2.28. The molecule has 6 nitrogen and oxygen atoms in total. The van der Waals surface area contributed by atoms with E-state index < -0.39 is 11.5 Å². The summed E-state index contributed by atoms with van der Waals surface area (Å²) in [6, 6.07) is 14.4. The molecule has 0 spiro atoms. The molecule has 1 amide bonds. The number of pyridine rings is 1. The molecule has 0 aliphatic rings. The lowest BCUT2D eigenvalue weighted by molar-refractivity contribution is 0.0947. The number of fused-ring (bicyclic) bond motifs is 1. The van der Waals surface area contributed by atoms with Gasteiger partial charge in [-0.05, 0) is 35.2 Å². The van der Waals surface area contributed by atoms with Crippen molar-refractivity contribution >= 4 is 28.2 Å². The number of hydrogen-bond donors (Lipinski definition) is 1. The van der Waals surface area contributed by atoms with Gasteiger partial charge in [0.25, 0.3) is 5.91 Å². The van der Waals surface area contributed by atoms with Crippen LogP contribution in [0.15, 0.2) is 69.3 Å². The van der Waals surface area contributed by atoms with Crippen LogP contribution in [-0.4, -0.2) is 18.0 Å². The molecule has 1 N–H and O–H groups in total. The van der Waals surface area contributed by atoms with Crippen molar-refractivity contribution in [3.8, 4) is 16.3 Å². The molecule has 0 unspecified atom stereocenters. The number of aromatic nitrogens is 1. The van der Waals surface area contributed by atoms with E-state index in [2.05, 4.69) is 10.3 Å². The highest BCUT2D eigenvalue weighted by Gasteiger charge is 2.16. The number of thiophene rings is 1. The summed E-state index contributed by atoms with van der Waals surface area (Å²) in [5, 5.41) is 5.37. The lowest BCUT2D eigenvalue weighted by atomic mass is 10.1. The minimum Gasteiger partial charge on any atom is -0.493 e. The number of benzene rings is 1. The van der Waals surface area contributed by atoms with Crippen LogP contribution in [0.2, 0.25) is 0 Å². The average Bonchev–Trinajstić information content (AvgIpc) is 3.26. The van der Waals surface area contributed by atoms with E-state index in [1.54, 1.807) is 35.7 Å². The van der Waals surface area contributed by atoms with Crippen LogP contribution in [0.4, 0.5) is 0 Å². The standard InChI is InChI=1S/C21H16N2O4S/c1-26-16-7-2-5-13-11-15(21(25)27-19(13)16)20(24)23-12-14-6-3-9-22-18(14)17-8-4-10-28-17/h2-11H,12H2,1H3,(H,23,24). The largest absolute Gasteiger partial charge is 0.493 e. The molecule has 140 valence electrons. The van der Waals surface area contributed by atoms with Gasteiger partial charge in [-0.15, -0.1) is 11.3 Å². The third kappa shape index (κ3) is 3.39. The fourth-order valence-electron chi connectivity index (χ4n) is 2.92. The second-order valence-electron chi connectivity index (χ2n) is 6.00. The first-order valence-corrected chi connectivity index (χ1v) is 9.42. The van der Waals surface area contributed by atoms with Gasteiger partial charge in [0, 0.05) is 18.1 Å². The number of methoxy groups -OCH3 is 1. The van der Waals surface area contributed by atoms with E-state index in [1.807, 2.05) is 29.6 Å². The van der Waals surface area contributed by atoms with Crippen molar-refractivity contribution in [1.82, 2.24) is 10.3 Å². The lowest BCUT2D eigenvalue weighted by Gasteiger charge is -2.09. The highest BCUT2D eigenvalue weighted by molar-refractivity contribution is 7.13. The number of amides is 1. The predicted octanol–water partition coefficient (Wildman–Crippen LogP) is 3.86. The summed E-state index contributed by atoms with van der Waals surface area (Å²) in [5.74, 6) is -0.0584. The molecule has 1 aromatic carbocycles. The average molecular weight is 392 g/mol. The van der Waals surface area contributed by atoms with Gasteiger partial charge in [-0.1, -0.05) is 24.3 Å². The van der Waals surface area contributed by atoms with Gasteiger partial charge in [0.2, 0.25) is 0 Å². The van der Waals surface area contributed by atoms with E-state index in [1.165, 1.54) is 13.2 Å². The molecule has 0 fully saturated rings. The van der Waals surface area contributed by atoms with E-state index in [9.17, 15) is 9.59 Å². The van der Waals surface area contributed by atoms with Crippen LogP contribution in [0.25, 0.3) is 21.5 Å². The highest BCUT2D eigenvalue weighted by Crippen LogP contribution is 2.26. The molecule has 3 heterocycles. The van der Waals surface area contributed by atoms with Crippen LogP contribution in [0.1, 0.15) is 15.9 Å². The third-order valence-corrected chi connectivity index (χ3v) is 5.15. The number of para-hydroxylation sites is 1. The zero-order valence-electron chi connectivity index (χ0n) is 15.0. The molecule has 3 aromatic heterocycles. The second kappa shape index (κ2) is 7.66. The Kier molecular flexibility index (Phi) is 4.90. The van der Waals surface area contributed by atoms with Crippen molar-refractivity contribution in [3.05, 3.63) is 81.7 Å². The zero-order chi connectivity index (χ0) is 19.5. The maximum absolute atomic E-state index is 12.6. The van der Waals surface area contributed by atoms with E-state index in [-0.39, 0.29) is 12.1 Å². The molecule has 28 heavy (non-hydrogen) atoms. The van der Waals surface area contributed by atoms with Crippen LogP contribution < -0.4 is 15.7 Å². The SMILES string of the molecule is COc1cccc2cc(C(=O)NCc3cccnc3-c3cccs3)c(=O)oc12. The molecule has 7 heteroatoms. The molecule has 0 atom stereocenters. The molecular formula is C21H16N2O4S. The minimum atomic E-state index is -0.709. The quantitative estimate of drug-likeness (QED) is 0.522. The first-order valence-electron chi connectivity index (χ1n) is 8.54. The first-order chi connectivity index (χ1) is 13.7. The molecular weight excluding hydrogens is 376 g/mol. The summed E-state index contributed by atoms with van der Waals surface area (Å²) >= 11 is 1.58. The van der Waals surface area contributed by atoms with E-state index >= 15 is 0 Å². The Labute approximate surface area is 164 Å². The van der Waals surface area contributed by atoms with Gasteiger partial charge < -0.3 is 14.5 Å². The Bertz CT molecular complexity index is 1200. The Hall–Kier alpha value is -3.45. The van der Waals surface area contributed by atoms with E-state index in [0.29, 0.717) is 16.7 Å². The Morgan fingerprint density at radius 1 is 1.21 bits per heavy atom. The number of ether oxygens (including phenoxy) is 1. The molecule has 4 aromatic rings. The number of nitrogens with zero attached hydrogens (tertiary/aromatic N) is 1. The Morgan fingerprint density at radius 2 is 2.11 bits per heavy atom. The number of carbonyl (C=O) groups is 1. The zero-order valence-corrected chi connectivity index (χ0v) is 15.8. The first kappa shape index (κ1) is 17.9. The third-order valence-electron chi connectivity index (χ3n) is 4.27. The smallest absolute Gasteiger partial charge is 0.349 e. The summed E-state index contributed by atoms with van der Waals surface area (Å²) in [5.41, 5.74) is 1.23. The summed E-state index contributed by atoms with van der Waals surface area (Å²) in [6.07, 6.45) is 1.71. The fraction of sp³-hybridized carbons (Fsp3) is 0.0952. The minimum absolute atomic E-state index is 0.0534. The highest BCUT2D eigenvalue weighted by atomic mass is 32.1. The van der Waals surface area contributed by atoms with Crippen LogP contribution in [0.5, 0.6) is 5.75 Å². The van der Waals surface area contributed by atoms with E-state index in [4.69, 9.17) is 9.15 Å². The van der Waals surface area contributed by atoms with Crippen LogP contribution in [0.3, 0.4) is 0 Å². The molecule has 0 aliphatic heterocycles. The number of rotatable bonds is 5. The monoisotopic (exact) mass is 392 g/mol. The summed E-state index contributed by atoms with van der Waals surface area (Å²) < 4.78 is 10.5. The van der Waals surface area contributed by atoms with Crippen LogP contribution >= 0.6 is 11.3 Å². The number of nitrogens with one attached hydrogen (secondary N) is 1. The Morgan fingerprint density at radius 3 is 2.89 bits per heavy atom. The molecule has 0 saturated carbocycles. The summed E-state index contributed by atoms with van der Waals surface area (Å²) in [6.45, 7) is 0.246. The van der Waals surface area contributed by atoms with Gasteiger partial charge in [-0.2, -0.15) is 0 Å². The molecule has 0 radical (unpaired) electrons.